The Morgan fingerprint density at radius 1 is 0.957 bits per heavy atom. The Morgan fingerprint density at radius 2 is 1.70 bits per heavy atom. The fraction of sp³-hybridized carbons (Fsp3) is 0.286. The molecule has 0 unspecified atom stereocenters. The highest BCUT2D eigenvalue weighted by Crippen LogP contribution is 2.28. The lowest BCUT2D eigenvalue weighted by Crippen LogP contribution is -1.97. The maximum Gasteiger partial charge on any atom is 0.0717 e. The quantitative estimate of drug-likeness (QED) is 0.653. The Morgan fingerprint density at radius 3 is 2.43 bits per heavy atom. The second-order valence-electron chi connectivity index (χ2n) is 6.15. The molecule has 0 aliphatic heterocycles. The number of rotatable bonds is 5. The summed E-state index contributed by atoms with van der Waals surface area (Å²) >= 11 is 0. The van der Waals surface area contributed by atoms with Crippen LogP contribution in [0, 0.1) is 6.92 Å². The number of nitrogens with zero attached hydrogens (tertiary/aromatic N) is 2. The molecule has 0 bridgehead atoms. The van der Waals surface area contributed by atoms with E-state index in [1.807, 2.05) is 11.7 Å². The monoisotopic (exact) mass is 304 g/mol. The molecular formula is C21H24N2. The Bertz CT molecular complexity index is 785. The molecule has 3 rings (SSSR count). The van der Waals surface area contributed by atoms with Crippen LogP contribution >= 0.6 is 0 Å². The average molecular weight is 304 g/mol. The molecule has 0 spiro atoms. The van der Waals surface area contributed by atoms with Gasteiger partial charge in [-0.3, -0.25) is 4.68 Å². The first-order chi connectivity index (χ1) is 11.2. The summed E-state index contributed by atoms with van der Waals surface area (Å²) in [5.41, 5.74) is 7.68. The van der Waals surface area contributed by atoms with Crippen LogP contribution in [-0.2, 0) is 19.9 Å². The fourth-order valence-electron chi connectivity index (χ4n) is 3.24. The zero-order valence-corrected chi connectivity index (χ0v) is 14.2. The lowest BCUT2D eigenvalue weighted by atomic mass is 9.97. The van der Waals surface area contributed by atoms with Crippen molar-refractivity contribution in [2.45, 2.75) is 33.1 Å². The van der Waals surface area contributed by atoms with E-state index in [1.54, 1.807) is 0 Å². The van der Waals surface area contributed by atoms with Gasteiger partial charge in [0.05, 0.1) is 11.4 Å². The van der Waals surface area contributed by atoms with Crippen LogP contribution in [0.25, 0.3) is 11.3 Å². The summed E-state index contributed by atoms with van der Waals surface area (Å²) in [4.78, 5) is 0. The SMILES string of the molecule is CCCc1cccc(-c2c(Cc3ccccc3)c(C)nn2C)c1. The summed E-state index contributed by atoms with van der Waals surface area (Å²) in [5, 5.41) is 4.68. The third-order valence-corrected chi connectivity index (χ3v) is 4.31. The van der Waals surface area contributed by atoms with Gasteiger partial charge >= 0.3 is 0 Å². The minimum atomic E-state index is 0.924. The van der Waals surface area contributed by atoms with Gasteiger partial charge < -0.3 is 0 Å². The van der Waals surface area contributed by atoms with Crippen LogP contribution in [0.3, 0.4) is 0 Å². The predicted octanol–water partition coefficient (Wildman–Crippen LogP) is 4.94. The van der Waals surface area contributed by atoms with Crippen molar-refractivity contribution in [3.05, 3.63) is 77.0 Å². The van der Waals surface area contributed by atoms with Crippen molar-refractivity contribution in [2.24, 2.45) is 7.05 Å². The highest BCUT2D eigenvalue weighted by molar-refractivity contribution is 5.66. The van der Waals surface area contributed by atoms with E-state index in [9.17, 15) is 0 Å². The zero-order chi connectivity index (χ0) is 16.2. The van der Waals surface area contributed by atoms with Gasteiger partial charge in [0.25, 0.3) is 0 Å². The third-order valence-electron chi connectivity index (χ3n) is 4.31. The highest BCUT2D eigenvalue weighted by Gasteiger charge is 2.15. The molecule has 2 nitrogen and oxygen atoms in total. The van der Waals surface area contributed by atoms with Gasteiger partial charge in [0, 0.05) is 24.6 Å². The fourth-order valence-corrected chi connectivity index (χ4v) is 3.24. The van der Waals surface area contributed by atoms with Crippen molar-refractivity contribution in [3.8, 4) is 11.3 Å². The molecule has 23 heavy (non-hydrogen) atoms. The smallest absolute Gasteiger partial charge is 0.0717 e. The summed E-state index contributed by atoms with van der Waals surface area (Å²) in [5.74, 6) is 0. The maximum atomic E-state index is 4.68. The molecule has 0 amide bonds. The Kier molecular flexibility index (Phi) is 4.61. The molecule has 0 N–H and O–H groups in total. The molecule has 0 radical (unpaired) electrons. The van der Waals surface area contributed by atoms with Crippen molar-refractivity contribution < 1.29 is 0 Å². The average Bonchev–Trinajstić information content (AvgIpc) is 2.83. The van der Waals surface area contributed by atoms with E-state index in [0.29, 0.717) is 0 Å². The minimum Gasteiger partial charge on any atom is -0.267 e. The van der Waals surface area contributed by atoms with Crippen LogP contribution in [0.15, 0.2) is 54.6 Å². The lowest BCUT2D eigenvalue weighted by Gasteiger charge is -2.09. The van der Waals surface area contributed by atoms with E-state index >= 15 is 0 Å². The summed E-state index contributed by atoms with van der Waals surface area (Å²) in [6.45, 7) is 4.33. The van der Waals surface area contributed by atoms with Crippen LogP contribution in [0.1, 0.15) is 35.7 Å². The second-order valence-corrected chi connectivity index (χ2v) is 6.15. The van der Waals surface area contributed by atoms with Crippen molar-refractivity contribution in [2.75, 3.05) is 0 Å². The molecule has 0 fully saturated rings. The molecule has 0 saturated heterocycles. The number of benzene rings is 2. The highest BCUT2D eigenvalue weighted by atomic mass is 15.3. The number of hydrogen-bond donors (Lipinski definition) is 0. The van der Waals surface area contributed by atoms with Crippen LogP contribution in [0.4, 0.5) is 0 Å². The van der Waals surface area contributed by atoms with E-state index in [-0.39, 0.29) is 0 Å². The van der Waals surface area contributed by atoms with Crippen molar-refractivity contribution in [1.29, 1.82) is 0 Å². The van der Waals surface area contributed by atoms with Gasteiger partial charge in [0.2, 0.25) is 0 Å². The second kappa shape index (κ2) is 6.82. The first kappa shape index (κ1) is 15.5. The summed E-state index contributed by atoms with van der Waals surface area (Å²) in [6, 6.07) is 19.5. The Hall–Kier alpha value is -2.35. The van der Waals surface area contributed by atoms with Gasteiger partial charge in [-0.05, 0) is 30.5 Å². The minimum absolute atomic E-state index is 0.924. The molecule has 0 saturated carbocycles. The molecule has 118 valence electrons. The van der Waals surface area contributed by atoms with Crippen LogP contribution in [-0.4, -0.2) is 9.78 Å². The topological polar surface area (TPSA) is 17.8 Å². The van der Waals surface area contributed by atoms with Gasteiger partial charge in [-0.25, -0.2) is 0 Å². The predicted molar refractivity (Wildman–Crippen MR) is 96.6 cm³/mol. The molecule has 1 aromatic heterocycles. The summed E-state index contributed by atoms with van der Waals surface area (Å²) < 4.78 is 2.03. The summed E-state index contributed by atoms with van der Waals surface area (Å²) in [7, 11) is 2.04. The van der Waals surface area contributed by atoms with Crippen molar-refractivity contribution >= 4 is 0 Å². The van der Waals surface area contributed by atoms with Gasteiger partial charge in [-0.1, -0.05) is 61.9 Å². The molecule has 0 aliphatic carbocycles. The maximum absolute atomic E-state index is 4.68. The van der Waals surface area contributed by atoms with Gasteiger partial charge in [-0.15, -0.1) is 0 Å². The van der Waals surface area contributed by atoms with E-state index in [0.717, 1.165) is 18.5 Å². The molecule has 2 heteroatoms. The first-order valence-corrected chi connectivity index (χ1v) is 8.34. The van der Waals surface area contributed by atoms with Crippen molar-refractivity contribution in [3.63, 3.8) is 0 Å². The summed E-state index contributed by atoms with van der Waals surface area (Å²) in [6.07, 6.45) is 3.22. The number of aryl methyl sites for hydroxylation is 3. The van der Waals surface area contributed by atoms with Crippen LogP contribution < -0.4 is 0 Å². The number of aromatic nitrogens is 2. The Labute approximate surface area is 138 Å². The van der Waals surface area contributed by atoms with Crippen molar-refractivity contribution in [1.82, 2.24) is 9.78 Å². The molecule has 2 aromatic carbocycles. The van der Waals surface area contributed by atoms with Gasteiger partial charge in [-0.2, -0.15) is 5.10 Å². The molecular weight excluding hydrogens is 280 g/mol. The molecule has 3 aromatic rings. The molecule has 1 heterocycles. The van der Waals surface area contributed by atoms with E-state index in [2.05, 4.69) is 73.5 Å². The number of hydrogen-bond acceptors (Lipinski definition) is 1. The normalized spacial score (nSPS) is 10.9. The van der Waals surface area contributed by atoms with Gasteiger partial charge in [0.1, 0.15) is 0 Å². The van der Waals surface area contributed by atoms with Gasteiger partial charge in [0.15, 0.2) is 0 Å². The zero-order valence-electron chi connectivity index (χ0n) is 14.2. The van der Waals surface area contributed by atoms with Crippen LogP contribution in [0.5, 0.6) is 0 Å². The van der Waals surface area contributed by atoms with E-state index < -0.39 is 0 Å². The first-order valence-electron chi connectivity index (χ1n) is 8.34. The Balaban J connectivity index is 2.04. The third kappa shape index (κ3) is 3.37. The molecule has 0 aliphatic rings. The molecule has 0 atom stereocenters. The van der Waals surface area contributed by atoms with Crippen LogP contribution in [0.2, 0.25) is 0 Å². The van der Waals surface area contributed by atoms with E-state index in [1.165, 1.54) is 34.4 Å². The standard InChI is InChI=1S/C21H24N2/c1-4-9-17-12-8-13-19(14-17)21-20(16(2)22-23(21)3)15-18-10-6-5-7-11-18/h5-8,10-14H,4,9,15H2,1-3H3. The van der Waals surface area contributed by atoms with E-state index in [4.69, 9.17) is 0 Å². The lowest BCUT2D eigenvalue weighted by molar-refractivity contribution is 0.764. The largest absolute Gasteiger partial charge is 0.267 e.